The predicted octanol–water partition coefficient (Wildman–Crippen LogP) is 1.29. The van der Waals surface area contributed by atoms with Crippen molar-refractivity contribution in [3.63, 3.8) is 0 Å². The number of fused-ring (bicyclic) bond motifs is 3. The number of aliphatic carboxylic acids is 1. The Morgan fingerprint density at radius 1 is 1.32 bits per heavy atom. The lowest BCUT2D eigenvalue weighted by Crippen LogP contribution is -2.47. The van der Waals surface area contributed by atoms with Crippen molar-refractivity contribution in [1.82, 2.24) is 4.90 Å². The van der Waals surface area contributed by atoms with Crippen molar-refractivity contribution in [3.05, 3.63) is 29.8 Å². The van der Waals surface area contributed by atoms with Gasteiger partial charge in [-0.2, -0.15) is 0 Å². The Bertz CT molecular complexity index is 547. The maximum Gasteiger partial charge on any atom is 0.410 e. The molecule has 19 heavy (non-hydrogen) atoms. The number of carboxylic acid groups (broad SMARTS) is 2. The van der Waals surface area contributed by atoms with E-state index < -0.39 is 24.3 Å². The fourth-order valence-electron chi connectivity index (χ4n) is 2.76. The highest BCUT2D eigenvalue weighted by Crippen LogP contribution is 2.43. The van der Waals surface area contributed by atoms with Gasteiger partial charge in [0, 0.05) is 5.92 Å². The zero-order chi connectivity index (χ0) is 13.6. The topological polar surface area (TPSA) is 99.1 Å². The highest BCUT2D eigenvalue weighted by atomic mass is 16.7. The number of hydrogen-bond donors (Lipinski definition) is 3. The van der Waals surface area contributed by atoms with Gasteiger partial charge in [-0.25, -0.2) is 9.59 Å². The summed E-state index contributed by atoms with van der Waals surface area (Å²) in [6.07, 6.45) is -1.89. The summed E-state index contributed by atoms with van der Waals surface area (Å²) in [5.41, 5.74) is 4.31. The molecular weight excluding hydrogens is 252 g/mol. The number of para-hydroxylation sites is 1. The molecule has 1 fully saturated rings. The SMILES string of the molecule is O=C(O)C1CC2c3ccccc3NOC2N1C(=O)O. The molecule has 7 heteroatoms. The van der Waals surface area contributed by atoms with Crippen LogP contribution in [0.4, 0.5) is 10.5 Å². The molecular formula is C12H12N2O5. The minimum Gasteiger partial charge on any atom is -0.480 e. The highest BCUT2D eigenvalue weighted by Gasteiger charge is 2.51. The van der Waals surface area contributed by atoms with Gasteiger partial charge in [0.1, 0.15) is 6.04 Å². The lowest BCUT2D eigenvalue weighted by molar-refractivity contribution is -0.144. The van der Waals surface area contributed by atoms with Crippen molar-refractivity contribution in [2.24, 2.45) is 0 Å². The van der Waals surface area contributed by atoms with Crippen LogP contribution in [-0.2, 0) is 9.63 Å². The van der Waals surface area contributed by atoms with Crippen LogP contribution in [0, 0.1) is 0 Å². The van der Waals surface area contributed by atoms with E-state index in [0.29, 0.717) is 0 Å². The first-order chi connectivity index (χ1) is 9.09. The van der Waals surface area contributed by atoms with Gasteiger partial charge in [-0.3, -0.25) is 15.2 Å². The van der Waals surface area contributed by atoms with Crippen LogP contribution in [0.15, 0.2) is 24.3 Å². The number of hydrogen-bond acceptors (Lipinski definition) is 4. The number of likely N-dealkylation sites (tertiary alicyclic amines) is 1. The van der Waals surface area contributed by atoms with Gasteiger partial charge >= 0.3 is 12.1 Å². The number of carboxylic acids is 1. The maximum absolute atomic E-state index is 11.2. The number of nitrogens with one attached hydrogen (secondary N) is 1. The molecule has 0 aliphatic carbocycles. The summed E-state index contributed by atoms with van der Waals surface area (Å²) in [4.78, 5) is 28.6. The van der Waals surface area contributed by atoms with Crippen LogP contribution in [0.2, 0.25) is 0 Å². The third kappa shape index (κ3) is 1.70. The third-order valence-electron chi connectivity index (χ3n) is 3.59. The van der Waals surface area contributed by atoms with Crippen LogP contribution in [0.3, 0.4) is 0 Å². The molecule has 3 unspecified atom stereocenters. The zero-order valence-corrected chi connectivity index (χ0v) is 9.81. The van der Waals surface area contributed by atoms with Crippen LogP contribution in [0.5, 0.6) is 0 Å². The van der Waals surface area contributed by atoms with Gasteiger partial charge in [0.15, 0.2) is 6.23 Å². The average molecular weight is 264 g/mol. The molecule has 0 radical (unpaired) electrons. The zero-order valence-electron chi connectivity index (χ0n) is 9.81. The molecule has 0 bridgehead atoms. The first-order valence-electron chi connectivity index (χ1n) is 5.84. The fourth-order valence-corrected chi connectivity index (χ4v) is 2.76. The van der Waals surface area contributed by atoms with E-state index in [2.05, 4.69) is 5.48 Å². The molecule has 3 atom stereocenters. The molecule has 3 N–H and O–H groups in total. The number of nitrogens with zero attached hydrogens (tertiary/aromatic N) is 1. The van der Waals surface area contributed by atoms with Gasteiger partial charge in [-0.1, -0.05) is 18.2 Å². The van der Waals surface area contributed by atoms with Crippen molar-refractivity contribution in [2.45, 2.75) is 24.6 Å². The van der Waals surface area contributed by atoms with Gasteiger partial charge in [0.25, 0.3) is 0 Å². The summed E-state index contributed by atoms with van der Waals surface area (Å²) < 4.78 is 0. The lowest BCUT2D eigenvalue weighted by Gasteiger charge is -2.32. The van der Waals surface area contributed by atoms with Crippen molar-refractivity contribution in [3.8, 4) is 0 Å². The summed E-state index contributed by atoms with van der Waals surface area (Å²) >= 11 is 0. The van der Waals surface area contributed by atoms with Crippen LogP contribution in [0.25, 0.3) is 0 Å². The quantitative estimate of drug-likeness (QED) is 0.706. The fraction of sp³-hybridized carbons (Fsp3) is 0.333. The molecule has 0 saturated carbocycles. The van der Waals surface area contributed by atoms with Gasteiger partial charge in [0.2, 0.25) is 0 Å². The minimum absolute atomic E-state index is 0.213. The van der Waals surface area contributed by atoms with Crippen LogP contribution < -0.4 is 5.48 Å². The van der Waals surface area contributed by atoms with Crippen molar-refractivity contribution < 1.29 is 24.6 Å². The first-order valence-corrected chi connectivity index (χ1v) is 5.84. The normalized spacial score (nSPS) is 28.2. The molecule has 1 aromatic rings. The monoisotopic (exact) mass is 264 g/mol. The van der Waals surface area contributed by atoms with E-state index >= 15 is 0 Å². The molecule has 3 rings (SSSR count). The van der Waals surface area contributed by atoms with Gasteiger partial charge in [-0.15, -0.1) is 0 Å². The molecule has 0 aromatic heterocycles. The number of carbonyl (C=O) groups is 2. The Morgan fingerprint density at radius 2 is 2.05 bits per heavy atom. The Balaban J connectivity index is 2.01. The largest absolute Gasteiger partial charge is 0.480 e. The van der Waals surface area contributed by atoms with E-state index in [9.17, 15) is 14.7 Å². The van der Waals surface area contributed by atoms with Gasteiger partial charge in [0.05, 0.1) is 5.69 Å². The molecule has 100 valence electrons. The second-order valence-corrected chi connectivity index (χ2v) is 4.58. The number of anilines is 1. The minimum atomic E-state index is -1.29. The third-order valence-corrected chi connectivity index (χ3v) is 3.59. The van der Waals surface area contributed by atoms with E-state index in [0.717, 1.165) is 16.2 Å². The molecule has 7 nitrogen and oxygen atoms in total. The molecule has 2 aliphatic heterocycles. The summed E-state index contributed by atoms with van der Waals surface area (Å²) in [7, 11) is 0. The summed E-state index contributed by atoms with van der Waals surface area (Å²) in [6.45, 7) is 0. The van der Waals surface area contributed by atoms with E-state index in [-0.39, 0.29) is 12.3 Å². The van der Waals surface area contributed by atoms with Crippen molar-refractivity contribution >= 4 is 17.7 Å². The second kappa shape index (κ2) is 4.13. The van der Waals surface area contributed by atoms with E-state index in [1.165, 1.54) is 0 Å². The standard InChI is InChI=1S/C12H12N2O5/c15-11(16)9-5-7-6-3-1-2-4-8(6)13-19-10(7)14(9)12(17)18/h1-4,7,9-10,13H,5H2,(H,15,16)(H,17,18). The van der Waals surface area contributed by atoms with Gasteiger partial charge in [-0.05, 0) is 18.1 Å². The van der Waals surface area contributed by atoms with E-state index in [4.69, 9.17) is 9.94 Å². The van der Waals surface area contributed by atoms with Crippen LogP contribution >= 0.6 is 0 Å². The average Bonchev–Trinajstić information content (AvgIpc) is 2.78. The molecule has 0 spiro atoms. The molecule has 1 saturated heterocycles. The van der Waals surface area contributed by atoms with Crippen molar-refractivity contribution in [2.75, 3.05) is 5.48 Å². The van der Waals surface area contributed by atoms with E-state index in [1.54, 1.807) is 0 Å². The second-order valence-electron chi connectivity index (χ2n) is 4.58. The first kappa shape index (κ1) is 11.8. The summed E-state index contributed by atoms with van der Waals surface area (Å²) in [6, 6.07) is 6.24. The Labute approximate surface area is 108 Å². The molecule has 2 heterocycles. The Morgan fingerprint density at radius 3 is 2.74 bits per heavy atom. The van der Waals surface area contributed by atoms with Crippen LogP contribution in [0.1, 0.15) is 17.9 Å². The van der Waals surface area contributed by atoms with Crippen LogP contribution in [-0.4, -0.2) is 39.4 Å². The van der Waals surface area contributed by atoms with Crippen molar-refractivity contribution in [1.29, 1.82) is 0 Å². The number of benzene rings is 1. The smallest absolute Gasteiger partial charge is 0.410 e. The molecule has 1 aromatic carbocycles. The Hall–Kier alpha value is -2.28. The summed E-state index contributed by atoms with van der Waals surface area (Å²) in [5, 5.41) is 18.3. The number of rotatable bonds is 1. The summed E-state index contributed by atoms with van der Waals surface area (Å²) in [5.74, 6) is -1.42. The predicted molar refractivity (Wildman–Crippen MR) is 63.6 cm³/mol. The maximum atomic E-state index is 11.2. The Kier molecular flexibility index (Phi) is 2.56. The highest BCUT2D eigenvalue weighted by molar-refractivity contribution is 5.81. The van der Waals surface area contributed by atoms with E-state index in [1.807, 2.05) is 24.3 Å². The number of amides is 1. The van der Waals surface area contributed by atoms with Gasteiger partial charge < -0.3 is 10.2 Å². The lowest BCUT2D eigenvalue weighted by atomic mass is 9.93. The molecule has 2 aliphatic rings. The molecule has 1 amide bonds.